The molecular formula is C16H19N3O4. The second-order valence-electron chi connectivity index (χ2n) is 6.28. The van der Waals surface area contributed by atoms with E-state index in [9.17, 15) is 14.9 Å². The number of anilines is 1. The summed E-state index contributed by atoms with van der Waals surface area (Å²) in [4.78, 5) is 26.9. The fourth-order valence-corrected chi connectivity index (χ4v) is 1.99. The molecule has 0 aliphatic rings. The van der Waals surface area contributed by atoms with Crippen molar-refractivity contribution in [2.24, 2.45) is 0 Å². The van der Waals surface area contributed by atoms with Crippen LogP contribution in [0.2, 0.25) is 0 Å². The van der Waals surface area contributed by atoms with Crippen LogP contribution in [0.3, 0.4) is 0 Å². The Morgan fingerprint density at radius 2 is 2.00 bits per heavy atom. The van der Waals surface area contributed by atoms with Gasteiger partial charge in [-0.3, -0.25) is 14.9 Å². The first-order valence-electron chi connectivity index (χ1n) is 7.18. The number of amides is 1. The average molecular weight is 317 g/mol. The van der Waals surface area contributed by atoms with Crippen molar-refractivity contribution in [3.63, 3.8) is 0 Å². The number of nitrogens with zero attached hydrogens (tertiary/aromatic N) is 2. The van der Waals surface area contributed by atoms with Gasteiger partial charge in [-0.25, -0.2) is 4.98 Å². The van der Waals surface area contributed by atoms with Gasteiger partial charge < -0.3 is 9.73 Å². The molecule has 0 spiro atoms. The maximum absolute atomic E-state index is 12.1. The third-order valence-electron chi connectivity index (χ3n) is 3.23. The molecule has 1 heterocycles. The predicted octanol–water partition coefficient (Wildman–Crippen LogP) is 3.37. The number of nitrogens with one attached hydrogen (secondary N) is 1. The number of aromatic nitrogens is 1. The van der Waals surface area contributed by atoms with Gasteiger partial charge in [0.1, 0.15) is 11.4 Å². The monoisotopic (exact) mass is 317 g/mol. The molecule has 0 fully saturated rings. The first kappa shape index (κ1) is 16.7. The van der Waals surface area contributed by atoms with Gasteiger partial charge in [0.25, 0.3) is 5.69 Å². The van der Waals surface area contributed by atoms with E-state index < -0.39 is 4.92 Å². The number of benzene rings is 1. The van der Waals surface area contributed by atoms with Gasteiger partial charge in [0, 0.05) is 11.5 Å². The lowest BCUT2D eigenvalue weighted by Crippen LogP contribution is -2.15. The second kappa shape index (κ2) is 6.20. The van der Waals surface area contributed by atoms with Gasteiger partial charge in [-0.2, -0.15) is 0 Å². The van der Waals surface area contributed by atoms with E-state index in [-0.39, 0.29) is 29.1 Å². The number of oxazole rings is 1. The summed E-state index contributed by atoms with van der Waals surface area (Å²) in [5.41, 5.74) is 0.409. The maximum Gasteiger partial charge on any atom is 0.292 e. The molecule has 7 heteroatoms. The Hall–Kier alpha value is -2.70. The first-order chi connectivity index (χ1) is 10.7. The van der Waals surface area contributed by atoms with Crippen molar-refractivity contribution in [3.8, 4) is 0 Å². The summed E-state index contributed by atoms with van der Waals surface area (Å²) in [5.74, 6) is 0.633. The van der Waals surface area contributed by atoms with Crippen molar-refractivity contribution in [2.75, 3.05) is 5.32 Å². The van der Waals surface area contributed by atoms with E-state index in [1.807, 2.05) is 20.8 Å². The van der Waals surface area contributed by atoms with Crippen LogP contribution in [0.5, 0.6) is 0 Å². The normalized spacial score (nSPS) is 11.3. The molecule has 0 aliphatic carbocycles. The summed E-state index contributed by atoms with van der Waals surface area (Å²) in [6, 6.07) is 6.00. The highest BCUT2D eigenvalue weighted by Crippen LogP contribution is 2.25. The number of hydrogen-bond acceptors (Lipinski definition) is 5. The topological polar surface area (TPSA) is 98.3 Å². The highest BCUT2D eigenvalue weighted by atomic mass is 16.6. The van der Waals surface area contributed by atoms with Gasteiger partial charge >= 0.3 is 0 Å². The molecule has 1 aromatic heterocycles. The van der Waals surface area contributed by atoms with Crippen molar-refractivity contribution in [1.29, 1.82) is 0 Å². The van der Waals surface area contributed by atoms with Crippen LogP contribution in [0.1, 0.15) is 38.1 Å². The molecule has 0 aliphatic heterocycles. The molecule has 7 nitrogen and oxygen atoms in total. The lowest BCUT2D eigenvalue weighted by Gasteiger charge is -2.12. The molecule has 1 N–H and O–H groups in total. The van der Waals surface area contributed by atoms with Crippen LogP contribution in [0.15, 0.2) is 28.7 Å². The van der Waals surface area contributed by atoms with Crippen molar-refractivity contribution in [1.82, 2.24) is 4.98 Å². The Kier molecular flexibility index (Phi) is 4.49. The minimum atomic E-state index is -0.535. The fourth-order valence-electron chi connectivity index (χ4n) is 1.99. The van der Waals surface area contributed by atoms with E-state index >= 15 is 0 Å². The Morgan fingerprint density at radius 3 is 2.57 bits per heavy atom. The van der Waals surface area contributed by atoms with Gasteiger partial charge in [-0.15, -0.1) is 0 Å². The third-order valence-corrected chi connectivity index (χ3v) is 3.23. The molecule has 2 aromatic rings. The van der Waals surface area contributed by atoms with Crippen LogP contribution in [0.4, 0.5) is 11.4 Å². The highest BCUT2D eigenvalue weighted by Gasteiger charge is 2.23. The molecule has 0 atom stereocenters. The quantitative estimate of drug-likeness (QED) is 0.688. The largest absolute Gasteiger partial charge is 0.444 e. The van der Waals surface area contributed by atoms with Gasteiger partial charge in [-0.05, 0) is 13.0 Å². The number of carbonyl (C=O) groups excluding carboxylic acids is 1. The molecule has 1 aromatic carbocycles. The van der Waals surface area contributed by atoms with Crippen molar-refractivity contribution in [3.05, 3.63) is 51.7 Å². The molecule has 0 saturated carbocycles. The summed E-state index contributed by atoms with van der Waals surface area (Å²) in [5, 5.41) is 13.5. The molecule has 1 amide bonds. The summed E-state index contributed by atoms with van der Waals surface area (Å²) >= 11 is 0. The molecule has 0 saturated heterocycles. The average Bonchev–Trinajstić information content (AvgIpc) is 2.80. The van der Waals surface area contributed by atoms with Crippen LogP contribution in [-0.4, -0.2) is 15.8 Å². The first-order valence-corrected chi connectivity index (χ1v) is 7.18. The number of nitro groups is 1. The molecule has 2 rings (SSSR count). The number of hydrogen-bond donors (Lipinski definition) is 1. The number of aryl methyl sites for hydroxylation is 1. The summed E-state index contributed by atoms with van der Waals surface area (Å²) in [6.45, 7) is 7.67. The number of rotatable bonds is 4. The van der Waals surface area contributed by atoms with Crippen molar-refractivity contribution >= 4 is 17.3 Å². The Balaban J connectivity index is 2.15. The highest BCUT2D eigenvalue weighted by molar-refractivity contribution is 5.94. The molecule has 0 unspecified atom stereocenters. The Bertz CT molecular complexity index is 744. The van der Waals surface area contributed by atoms with Gasteiger partial charge in [0.05, 0.1) is 17.0 Å². The minimum Gasteiger partial charge on any atom is -0.444 e. The van der Waals surface area contributed by atoms with E-state index in [0.29, 0.717) is 17.3 Å². The SMILES string of the molecule is Cc1nc(C(C)(C)C)oc1CC(=O)Nc1ccccc1[N+](=O)[O-]. The van der Waals surface area contributed by atoms with Gasteiger partial charge in [0.2, 0.25) is 5.91 Å². The Morgan fingerprint density at radius 1 is 1.35 bits per heavy atom. The number of nitro benzene ring substituents is 1. The Labute approximate surface area is 133 Å². The van der Waals surface area contributed by atoms with Crippen LogP contribution >= 0.6 is 0 Å². The predicted molar refractivity (Wildman–Crippen MR) is 85.4 cm³/mol. The van der Waals surface area contributed by atoms with Crippen LogP contribution in [-0.2, 0) is 16.6 Å². The molecule has 122 valence electrons. The molecule has 0 radical (unpaired) electrons. The standard InChI is InChI=1S/C16H19N3O4/c1-10-13(23-15(17-10)16(2,3)4)9-14(20)18-11-7-5-6-8-12(11)19(21)22/h5-8H,9H2,1-4H3,(H,18,20). The van der Waals surface area contributed by atoms with Crippen LogP contribution < -0.4 is 5.32 Å². The maximum atomic E-state index is 12.1. The number of carbonyl (C=O) groups is 1. The zero-order chi connectivity index (χ0) is 17.2. The van der Waals surface area contributed by atoms with Gasteiger partial charge in [0.15, 0.2) is 5.89 Å². The molecule has 23 heavy (non-hydrogen) atoms. The zero-order valence-corrected chi connectivity index (χ0v) is 13.5. The van der Waals surface area contributed by atoms with E-state index in [1.54, 1.807) is 19.1 Å². The summed E-state index contributed by atoms with van der Waals surface area (Å²) in [6.07, 6.45) is -0.0268. The smallest absolute Gasteiger partial charge is 0.292 e. The number of para-hydroxylation sites is 2. The van der Waals surface area contributed by atoms with E-state index in [2.05, 4.69) is 10.3 Å². The lowest BCUT2D eigenvalue weighted by atomic mass is 9.97. The molecule has 0 bridgehead atoms. The fraction of sp³-hybridized carbons (Fsp3) is 0.375. The summed E-state index contributed by atoms with van der Waals surface area (Å²) in [7, 11) is 0. The lowest BCUT2D eigenvalue weighted by molar-refractivity contribution is -0.383. The third kappa shape index (κ3) is 3.94. The van der Waals surface area contributed by atoms with Crippen molar-refractivity contribution in [2.45, 2.75) is 39.5 Å². The van der Waals surface area contributed by atoms with Gasteiger partial charge in [-0.1, -0.05) is 32.9 Å². The van der Waals surface area contributed by atoms with Crippen LogP contribution in [0.25, 0.3) is 0 Å². The minimum absolute atomic E-state index is 0.0268. The molecular weight excluding hydrogens is 298 g/mol. The van der Waals surface area contributed by atoms with Crippen LogP contribution in [0, 0.1) is 17.0 Å². The van der Waals surface area contributed by atoms with E-state index in [1.165, 1.54) is 12.1 Å². The van der Waals surface area contributed by atoms with Crippen molar-refractivity contribution < 1.29 is 14.1 Å². The zero-order valence-electron chi connectivity index (χ0n) is 13.5. The summed E-state index contributed by atoms with van der Waals surface area (Å²) < 4.78 is 5.66. The van der Waals surface area contributed by atoms with E-state index in [0.717, 1.165) is 0 Å². The second-order valence-corrected chi connectivity index (χ2v) is 6.28. The van der Waals surface area contributed by atoms with E-state index in [4.69, 9.17) is 4.42 Å².